The summed E-state index contributed by atoms with van der Waals surface area (Å²) in [6.07, 6.45) is 1.30. The number of H-pyrrole nitrogens is 1. The van der Waals surface area contributed by atoms with Gasteiger partial charge in [-0.25, -0.2) is 4.79 Å². The van der Waals surface area contributed by atoms with Gasteiger partial charge >= 0.3 is 5.97 Å². The number of aromatic amines is 1. The van der Waals surface area contributed by atoms with Crippen LogP contribution in [0.25, 0.3) is 0 Å². The quantitative estimate of drug-likeness (QED) is 0.853. The lowest BCUT2D eigenvalue weighted by Gasteiger charge is -2.05. The Kier molecular flexibility index (Phi) is 4.26. The zero-order valence-electron chi connectivity index (χ0n) is 10.2. The minimum atomic E-state index is -0.637. The van der Waals surface area contributed by atoms with Gasteiger partial charge in [-0.05, 0) is 18.2 Å². The number of nitrogens with one attached hydrogen (secondary N) is 2. The summed E-state index contributed by atoms with van der Waals surface area (Å²) in [4.78, 5) is 23.5. The molecule has 104 valence electrons. The zero-order chi connectivity index (χ0) is 14.7. The number of rotatable bonds is 3. The molecule has 6 nitrogen and oxygen atoms in total. The molecule has 2 aromatic rings. The highest BCUT2D eigenvalue weighted by Crippen LogP contribution is 2.20. The van der Waals surface area contributed by atoms with Crippen LogP contribution in [0, 0.1) is 0 Å². The number of carbonyl (C=O) groups excluding carboxylic acids is 2. The van der Waals surface area contributed by atoms with Crippen LogP contribution in [0.5, 0.6) is 0 Å². The summed E-state index contributed by atoms with van der Waals surface area (Å²) in [6.45, 7) is 0. The largest absolute Gasteiger partial charge is 0.464 e. The first kappa shape index (κ1) is 14.4. The second-order valence-corrected chi connectivity index (χ2v) is 4.64. The number of anilines is 1. The van der Waals surface area contributed by atoms with E-state index in [0.717, 1.165) is 0 Å². The van der Waals surface area contributed by atoms with Crippen LogP contribution in [0.1, 0.15) is 20.8 Å². The Bertz CT molecular complexity index is 649. The Hall–Kier alpha value is -2.05. The van der Waals surface area contributed by atoms with Gasteiger partial charge < -0.3 is 10.1 Å². The van der Waals surface area contributed by atoms with E-state index in [2.05, 4.69) is 20.3 Å². The van der Waals surface area contributed by atoms with Crippen LogP contribution in [-0.4, -0.2) is 29.2 Å². The van der Waals surface area contributed by atoms with E-state index >= 15 is 0 Å². The number of nitrogens with zero attached hydrogens (tertiary/aromatic N) is 1. The first-order chi connectivity index (χ1) is 9.51. The van der Waals surface area contributed by atoms with Crippen LogP contribution in [0.15, 0.2) is 24.4 Å². The Balaban J connectivity index is 2.24. The van der Waals surface area contributed by atoms with Crippen LogP contribution >= 0.6 is 23.2 Å². The molecule has 0 unspecified atom stereocenters. The SMILES string of the molecule is COC(=O)c1[nH]ncc1NC(=O)c1cc(Cl)cc(Cl)c1. The van der Waals surface area contributed by atoms with Gasteiger partial charge in [-0.1, -0.05) is 23.2 Å². The lowest BCUT2D eigenvalue weighted by molar-refractivity contribution is 0.0595. The fourth-order valence-electron chi connectivity index (χ4n) is 1.52. The van der Waals surface area contributed by atoms with E-state index < -0.39 is 11.9 Å². The average Bonchev–Trinajstić information content (AvgIpc) is 2.84. The zero-order valence-corrected chi connectivity index (χ0v) is 11.7. The first-order valence-corrected chi connectivity index (χ1v) is 6.16. The number of ether oxygens (including phenoxy) is 1. The molecule has 0 fully saturated rings. The van der Waals surface area contributed by atoms with Crippen molar-refractivity contribution in [3.8, 4) is 0 Å². The van der Waals surface area contributed by atoms with E-state index in [0.29, 0.717) is 10.0 Å². The van der Waals surface area contributed by atoms with Crippen LogP contribution in [0.4, 0.5) is 5.69 Å². The molecule has 2 N–H and O–H groups in total. The summed E-state index contributed by atoms with van der Waals surface area (Å²) < 4.78 is 4.56. The molecule has 0 aliphatic carbocycles. The van der Waals surface area contributed by atoms with Crippen molar-refractivity contribution in [2.75, 3.05) is 12.4 Å². The van der Waals surface area contributed by atoms with Crippen LogP contribution < -0.4 is 5.32 Å². The molecule has 0 saturated heterocycles. The number of halogens is 2. The van der Waals surface area contributed by atoms with Crippen LogP contribution in [-0.2, 0) is 4.74 Å². The maximum Gasteiger partial charge on any atom is 0.358 e. The van der Waals surface area contributed by atoms with Crippen molar-refractivity contribution in [3.63, 3.8) is 0 Å². The van der Waals surface area contributed by atoms with Gasteiger partial charge in [0.1, 0.15) is 0 Å². The molecular formula is C12H9Cl2N3O3. The third kappa shape index (κ3) is 3.09. The minimum Gasteiger partial charge on any atom is -0.464 e. The normalized spacial score (nSPS) is 10.2. The van der Waals surface area contributed by atoms with Crippen molar-refractivity contribution in [2.45, 2.75) is 0 Å². The van der Waals surface area contributed by atoms with E-state index in [1.165, 1.54) is 31.5 Å². The van der Waals surface area contributed by atoms with E-state index in [1.54, 1.807) is 0 Å². The van der Waals surface area contributed by atoms with Gasteiger partial charge in [0, 0.05) is 15.6 Å². The standard InChI is InChI=1S/C12H9Cl2N3O3/c1-20-12(19)10-9(5-15-17-10)16-11(18)6-2-7(13)4-8(14)3-6/h2-5H,1H3,(H,15,17)(H,16,18). The molecule has 0 atom stereocenters. The monoisotopic (exact) mass is 313 g/mol. The topological polar surface area (TPSA) is 84.1 Å². The number of esters is 1. The molecule has 0 bridgehead atoms. The van der Waals surface area contributed by atoms with Crippen molar-refractivity contribution >= 4 is 40.8 Å². The number of methoxy groups -OCH3 is 1. The highest BCUT2D eigenvalue weighted by atomic mass is 35.5. The molecule has 1 heterocycles. The van der Waals surface area contributed by atoms with E-state index in [4.69, 9.17) is 23.2 Å². The number of hydrogen-bond donors (Lipinski definition) is 2. The Morgan fingerprint density at radius 2 is 1.90 bits per heavy atom. The van der Waals surface area contributed by atoms with Crippen molar-refractivity contribution in [1.29, 1.82) is 0 Å². The number of hydrogen-bond acceptors (Lipinski definition) is 4. The van der Waals surface area contributed by atoms with Crippen molar-refractivity contribution < 1.29 is 14.3 Å². The number of benzene rings is 1. The third-order valence-electron chi connectivity index (χ3n) is 2.40. The van der Waals surface area contributed by atoms with Crippen LogP contribution in [0.3, 0.4) is 0 Å². The lowest BCUT2D eigenvalue weighted by Crippen LogP contribution is -2.14. The Labute approximate surface area is 124 Å². The maximum absolute atomic E-state index is 12.1. The molecule has 1 amide bonds. The van der Waals surface area contributed by atoms with Crippen LogP contribution in [0.2, 0.25) is 10.0 Å². The summed E-state index contributed by atoms with van der Waals surface area (Å²) in [5.41, 5.74) is 0.520. The van der Waals surface area contributed by atoms with Gasteiger partial charge in [0.15, 0.2) is 5.69 Å². The van der Waals surface area contributed by atoms with Gasteiger partial charge in [-0.15, -0.1) is 0 Å². The fourth-order valence-corrected chi connectivity index (χ4v) is 2.04. The molecule has 0 aliphatic rings. The predicted molar refractivity (Wildman–Crippen MR) is 74.3 cm³/mol. The predicted octanol–water partition coefficient (Wildman–Crippen LogP) is 2.76. The highest BCUT2D eigenvalue weighted by molar-refractivity contribution is 6.35. The highest BCUT2D eigenvalue weighted by Gasteiger charge is 2.17. The molecule has 8 heteroatoms. The molecule has 0 saturated carbocycles. The van der Waals surface area contributed by atoms with Gasteiger partial charge in [0.05, 0.1) is 19.0 Å². The lowest BCUT2D eigenvalue weighted by atomic mass is 10.2. The Morgan fingerprint density at radius 1 is 1.25 bits per heavy atom. The molecular weight excluding hydrogens is 305 g/mol. The van der Waals surface area contributed by atoms with Crippen molar-refractivity contribution in [1.82, 2.24) is 10.2 Å². The van der Waals surface area contributed by atoms with Gasteiger partial charge in [0.2, 0.25) is 0 Å². The molecule has 0 radical (unpaired) electrons. The smallest absolute Gasteiger partial charge is 0.358 e. The maximum atomic E-state index is 12.1. The second kappa shape index (κ2) is 5.94. The molecule has 0 aliphatic heterocycles. The number of aromatic nitrogens is 2. The number of carbonyl (C=O) groups is 2. The fraction of sp³-hybridized carbons (Fsp3) is 0.0833. The summed E-state index contributed by atoms with van der Waals surface area (Å²) in [7, 11) is 1.23. The van der Waals surface area contributed by atoms with E-state index in [9.17, 15) is 9.59 Å². The summed E-state index contributed by atoms with van der Waals surface area (Å²) in [5.74, 6) is -1.11. The summed E-state index contributed by atoms with van der Waals surface area (Å²) in [5, 5.41) is 9.32. The van der Waals surface area contributed by atoms with Crippen molar-refractivity contribution in [2.24, 2.45) is 0 Å². The molecule has 0 spiro atoms. The number of amides is 1. The van der Waals surface area contributed by atoms with Gasteiger partial charge in [-0.2, -0.15) is 5.10 Å². The molecule has 1 aromatic heterocycles. The van der Waals surface area contributed by atoms with Gasteiger partial charge in [0.25, 0.3) is 5.91 Å². The molecule has 1 aromatic carbocycles. The van der Waals surface area contributed by atoms with Crippen molar-refractivity contribution in [3.05, 3.63) is 45.7 Å². The van der Waals surface area contributed by atoms with E-state index in [1.807, 2.05) is 0 Å². The third-order valence-corrected chi connectivity index (χ3v) is 2.84. The molecule has 2 rings (SSSR count). The minimum absolute atomic E-state index is 0.0500. The summed E-state index contributed by atoms with van der Waals surface area (Å²) in [6, 6.07) is 4.43. The summed E-state index contributed by atoms with van der Waals surface area (Å²) >= 11 is 11.6. The Morgan fingerprint density at radius 3 is 2.50 bits per heavy atom. The first-order valence-electron chi connectivity index (χ1n) is 5.40. The average molecular weight is 314 g/mol. The second-order valence-electron chi connectivity index (χ2n) is 3.76. The van der Waals surface area contributed by atoms with E-state index in [-0.39, 0.29) is 16.9 Å². The van der Waals surface area contributed by atoms with Gasteiger partial charge in [-0.3, -0.25) is 9.89 Å². The molecule has 20 heavy (non-hydrogen) atoms.